The summed E-state index contributed by atoms with van der Waals surface area (Å²) in [6, 6.07) is -0.217. The van der Waals surface area contributed by atoms with Crippen LogP contribution in [0, 0.1) is 5.92 Å². The van der Waals surface area contributed by atoms with Crippen LogP contribution in [0.25, 0.3) is 0 Å². The predicted molar refractivity (Wildman–Crippen MR) is 59.7 cm³/mol. The highest BCUT2D eigenvalue weighted by atomic mass is 16.2. The molecule has 2 fully saturated rings. The van der Waals surface area contributed by atoms with Crippen LogP contribution in [0.5, 0.6) is 0 Å². The first kappa shape index (κ1) is 12.0. The van der Waals surface area contributed by atoms with Gasteiger partial charge in [-0.1, -0.05) is 0 Å². The van der Waals surface area contributed by atoms with Crippen LogP contribution < -0.4 is 11.1 Å². The lowest BCUT2D eigenvalue weighted by atomic mass is 10.0. The van der Waals surface area contributed by atoms with Crippen LogP contribution in [0.15, 0.2) is 0 Å². The van der Waals surface area contributed by atoms with Gasteiger partial charge in [0.25, 0.3) is 0 Å². The number of carbonyl (C=O) groups excluding carboxylic acids is 3. The summed E-state index contributed by atoms with van der Waals surface area (Å²) in [6.45, 7) is 1.51. The largest absolute Gasteiger partial charge is 0.370 e. The molecule has 2 rings (SSSR count). The molecule has 2 saturated heterocycles. The van der Waals surface area contributed by atoms with E-state index in [0.717, 1.165) is 19.5 Å². The van der Waals surface area contributed by atoms with Crippen LogP contribution in [0.4, 0.5) is 0 Å². The summed E-state index contributed by atoms with van der Waals surface area (Å²) in [4.78, 5) is 35.6. The van der Waals surface area contributed by atoms with Crippen molar-refractivity contribution in [2.75, 3.05) is 13.1 Å². The van der Waals surface area contributed by atoms with Gasteiger partial charge in [-0.15, -0.1) is 0 Å². The number of rotatable bonds is 3. The van der Waals surface area contributed by atoms with Crippen molar-refractivity contribution < 1.29 is 14.4 Å². The van der Waals surface area contributed by atoms with E-state index in [1.165, 1.54) is 0 Å². The average molecular weight is 239 g/mol. The Bertz CT molecular complexity index is 356. The maximum Gasteiger partial charge on any atom is 0.243 e. The molecule has 3 amide bonds. The highest BCUT2D eigenvalue weighted by Gasteiger charge is 2.35. The van der Waals surface area contributed by atoms with E-state index in [-0.39, 0.29) is 29.7 Å². The highest BCUT2D eigenvalue weighted by Crippen LogP contribution is 2.24. The van der Waals surface area contributed by atoms with Crippen molar-refractivity contribution in [2.45, 2.75) is 31.7 Å². The van der Waals surface area contributed by atoms with E-state index in [1.807, 2.05) is 0 Å². The molecule has 0 radical (unpaired) electrons. The van der Waals surface area contributed by atoms with Gasteiger partial charge in [-0.05, 0) is 25.3 Å². The van der Waals surface area contributed by atoms with Crippen molar-refractivity contribution in [1.29, 1.82) is 0 Å². The zero-order valence-corrected chi connectivity index (χ0v) is 9.65. The minimum Gasteiger partial charge on any atom is -0.370 e. The lowest BCUT2D eigenvalue weighted by Gasteiger charge is -2.29. The van der Waals surface area contributed by atoms with E-state index in [2.05, 4.69) is 10.2 Å². The van der Waals surface area contributed by atoms with Gasteiger partial charge in [0.2, 0.25) is 17.7 Å². The summed E-state index contributed by atoms with van der Waals surface area (Å²) in [6.07, 6.45) is 2.24. The zero-order chi connectivity index (χ0) is 12.4. The third kappa shape index (κ3) is 2.82. The molecule has 0 aliphatic carbocycles. The molecule has 0 aromatic rings. The number of hydrogen-bond donors (Lipinski definition) is 2. The quantitative estimate of drug-likeness (QED) is 0.617. The predicted octanol–water partition coefficient (Wildman–Crippen LogP) is -1.01. The van der Waals surface area contributed by atoms with Gasteiger partial charge in [-0.3, -0.25) is 24.6 Å². The molecule has 0 aromatic carbocycles. The second-order valence-electron chi connectivity index (χ2n) is 4.79. The van der Waals surface area contributed by atoms with Gasteiger partial charge in [0.1, 0.15) is 0 Å². The lowest BCUT2D eigenvalue weighted by Crippen LogP contribution is -2.51. The second kappa shape index (κ2) is 4.83. The van der Waals surface area contributed by atoms with Crippen LogP contribution >= 0.6 is 0 Å². The lowest BCUT2D eigenvalue weighted by molar-refractivity contribution is -0.137. The molecule has 2 atom stereocenters. The maximum absolute atomic E-state index is 11.7. The normalized spacial score (nSPS) is 30.4. The van der Waals surface area contributed by atoms with Crippen molar-refractivity contribution in [2.24, 2.45) is 11.7 Å². The van der Waals surface area contributed by atoms with Gasteiger partial charge >= 0.3 is 0 Å². The van der Waals surface area contributed by atoms with Gasteiger partial charge in [0.05, 0.1) is 6.04 Å². The molecule has 94 valence electrons. The molecule has 2 aliphatic rings. The van der Waals surface area contributed by atoms with E-state index in [4.69, 9.17) is 5.73 Å². The Morgan fingerprint density at radius 3 is 2.82 bits per heavy atom. The number of nitrogens with one attached hydrogen (secondary N) is 1. The zero-order valence-electron chi connectivity index (χ0n) is 9.65. The Morgan fingerprint density at radius 2 is 2.18 bits per heavy atom. The number of carbonyl (C=O) groups is 3. The number of amides is 3. The van der Waals surface area contributed by atoms with Gasteiger partial charge in [0, 0.05) is 19.4 Å². The number of nitrogens with two attached hydrogens (primary N) is 1. The van der Waals surface area contributed by atoms with Gasteiger partial charge < -0.3 is 5.73 Å². The van der Waals surface area contributed by atoms with Gasteiger partial charge in [-0.2, -0.15) is 0 Å². The fourth-order valence-electron chi connectivity index (χ4n) is 2.63. The number of primary amides is 1. The number of imide groups is 1. The molecule has 3 N–H and O–H groups in total. The van der Waals surface area contributed by atoms with Crippen LogP contribution in [-0.4, -0.2) is 41.8 Å². The summed E-state index contributed by atoms with van der Waals surface area (Å²) in [5.74, 6) is -0.446. The SMILES string of the molecule is NC(=O)CC1CCN(C2CCC(=O)NC2=O)C1. The minimum atomic E-state index is -0.292. The van der Waals surface area contributed by atoms with Gasteiger partial charge in [-0.25, -0.2) is 0 Å². The summed E-state index contributed by atoms with van der Waals surface area (Å²) in [7, 11) is 0. The van der Waals surface area contributed by atoms with Crippen LogP contribution in [0.3, 0.4) is 0 Å². The summed E-state index contributed by atoms with van der Waals surface area (Å²) >= 11 is 0. The molecule has 6 heteroatoms. The van der Waals surface area contributed by atoms with E-state index in [9.17, 15) is 14.4 Å². The molecule has 0 saturated carbocycles. The number of likely N-dealkylation sites (tertiary alicyclic amines) is 1. The van der Waals surface area contributed by atoms with E-state index >= 15 is 0 Å². The summed E-state index contributed by atoms with van der Waals surface area (Å²) in [5, 5.41) is 2.35. The molecule has 6 nitrogen and oxygen atoms in total. The van der Waals surface area contributed by atoms with E-state index in [1.54, 1.807) is 0 Å². The van der Waals surface area contributed by atoms with Gasteiger partial charge in [0.15, 0.2) is 0 Å². The third-order valence-electron chi connectivity index (χ3n) is 3.46. The first-order valence-electron chi connectivity index (χ1n) is 5.92. The number of nitrogens with zero attached hydrogens (tertiary/aromatic N) is 1. The van der Waals surface area contributed by atoms with Crippen molar-refractivity contribution in [3.05, 3.63) is 0 Å². The highest BCUT2D eigenvalue weighted by molar-refractivity contribution is 6.00. The Morgan fingerprint density at radius 1 is 1.41 bits per heavy atom. The Balaban J connectivity index is 1.89. The number of hydrogen-bond acceptors (Lipinski definition) is 4. The first-order chi connectivity index (χ1) is 8.06. The maximum atomic E-state index is 11.7. The topological polar surface area (TPSA) is 92.5 Å². The Labute approximate surface area is 99.5 Å². The van der Waals surface area contributed by atoms with Crippen LogP contribution in [0.2, 0.25) is 0 Å². The monoisotopic (exact) mass is 239 g/mol. The Hall–Kier alpha value is -1.43. The van der Waals surface area contributed by atoms with Crippen molar-refractivity contribution in [1.82, 2.24) is 10.2 Å². The molecule has 2 aliphatic heterocycles. The molecule has 17 heavy (non-hydrogen) atoms. The molecular formula is C11H17N3O3. The van der Waals surface area contributed by atoms with E-state index in [0.29, 0.717) is 19.3 Å². The smallest absolute Gasteiger partial charge is 0.243 e. The first-order valence-corrected chi connectivity index (χ1v) is 5.92. The molecule has 0 aromatic heterocycles. The summed E-state index contributed by atoms with van der Waals surface area (Å²) < 4.78 is 0. The van der Waals surface area contributed by atoms with E-state index < -0.39 is 0 Å². The number of piperidine rings is 1. The average Bonchev–Trinajstić information content (AvgIpc) is 2.65. The van der Waals surface area contributed by atoms with Crippen molar-refractivity contribution >= 4 is 17.7 Å². The molecule has 2 heterocycles. The Kier molecular flexibility index (Phi) is 3.42. The second-order valence-corrected chi connectivity index (χ2v) is 4.79. The van der Waals surface area contributed by atoms with Crippen LogP contribution in [-0.2, 0) is 14.4 Å². The van der Waals surface area contributed by atoms with Crippen LogP contribution in [0.1, 0.15) is 25.7 Å². The molecule has 2 unspecified atom stereocenters. The molecule has 0 bridgehead atoms. The standard InChI is InChI=1S/C11H17N3O3/c12-9(15)5-7-3-4-14(6-7)8-1-2-10(16)13-11(8)17/h7-8H,1-6H2,(H2,12,15)(H,13,16,17). The summed E-state index contributed by atoms with van der Waals surface area (Å²) in [5.41, 5.74) is 5.16. The third-order valence-corrected chi connectivity index (χ3v) is 3.46. The van der Waals surface area contributed by atoms with Crippen molar-refractivity contribution in [3.63, 3.8) is 0 Å². The minimum absolute atomic E-state index is 0.195. The molecular weight excluding hydrogens is 222 g/mol. The fraction of sp³-hybridized carbons (Fsp3) is 0.727. The molecule has 0 spiro atoms. The fourth-order valence-corrected chi connectivity index (χ4v) is 2.63. The van der Waals surface area contributed by atoms with Crippen molar-refractivity contribution in [3.8, 4) is 0 Å².